The fourth-order valence-corrected chi connectivity index (χ4v) is 2.66. The summed E-state index contributed by atoms with van der Waals surface area (Å²) in [4.78, 5) is 26.1. The average molecular weight is 327 g/mol. The van der Waals surface area contributed by atoms with E-state index in [9.17, 15) is 4.79 Å². The van der Waals surface area contributed by atoms with Crippen LogP contribution in [0.2, 0.25) is 5.02 Å². The molecule has 0 aliphatic carbocycles. The lowest BCUT2D eigenvalue weighted by molar-refractivity contribution is 0.0933. The van der Waals surface area contributed by atoms with Crippen molar-refractivity contribution < 1.29 is 9.21 Å². The number of furan rings is 1. The van der Waals surface area contributed by atoms with Gasteiger partial charge < -0.3 is 4.42 Å². The van der Waals surface area contributed by atoms with E-state index in [1.807, 2.05) is 6.92 Å². The Labute approximate surface area is 135 Å². The maximum atomic E-state index is 12.7. The van der Waals surface area contributed by atoms with Gasteiger partial charge in [-0.05, 0) is 30.3 Å². The molecule has 0 saturated carbocycles. The third-order valence-corrected chi connectivity index (χ3v) is 3.78. The Kier molecular flexibility index (Phi) is 3.12. The van der Waals surface area contributed by atoms with Crippen LogP contribution in [0.5, 0.6) is 0 Å². The summed E-state index contributed by atoms with van der Waals surface area (Å²) in [6, 6.07) is 8.51. The lowest BCUT2D eigenvalue weighted by Crippen LogP contribution is -2.15. The predicted octanol–water partition coefficient (Wildman–Crippen LogP) is 3.48. The zero-order valence-electron chi connectivity index (χ0n) is 12.2. The van der Waals surface area contributed by atoms with Crippen LogP contribution < -0.4 is 0 Å². The van der Waals surface area contributed by atoms with Crippen molar-refractivity contribution in [2.75, 3.05) is 0 Å². The minimum absolute atomic E-state index is 0.233. The Bertz CT molecular complexity index is 1040. The molecule has 0 amide bonds. The SMILES string of the molecule is CCc1nc2nc3cc(Cl)ccc3nc2n1C(=O)c1ccco1. The fourth-order valence-electron chi connectivity index (χ4n) is 2.49. The molecule has 7 heteroatoms. The van der Waals surface area contributed by atoms with Crippen LogP contribution in [-0.2, 0) is 6.42 Å². The number of carbonyl (C=O) groups is 1. The van der Waals surface area contributed by atoms with Crippen molar-refractivity contribution in [1.29, 1.82) is 0 Å². The van der Waals surface area contributed by atoms with Crippen LogP contribution in [0, 0.1) is 0 Å². The molecule has 0 unspecified atom stereocenters. The number of halogens is 1. The highest BCUT2D eigenvalue weighted by Gasteiger charge is 2.21. The molecule has 4 rings (SSSR count). The second-order valence-electron chi connectivity index (χ2n) is 5.00. The van der Waals surface area contributed by atoms with Gasteiger partial charge in [-0.25, -0.2) is 19.5 Å². The molecule has 0 aliphatic heterocycles. The lowest BCUT2D eigenvalue weighted by atomic mass is 10.3. The lowest BCUT2D eigenvalue weighted by Gasteiger charge is -2.04. The molecule has 0 N–H and O–H groups in total. The molecule has 3 aromatic heterocycles. The van der Waals surface area contributed by atoms with E-state index in [0.717, 1.165) is 0 Å². The number of hydrogen-bond donors (Lipinski definition) is 0. The van der Waals surface area contributed by atoms with Crippen LogP contribution in [-0.4, -0.2) is 25.4 Å². The van der Waals surface area contributed by atoms with Gasteiger partial charge in [-0.15, -0.1) is 0 Å². The average Bonchev–Trinajstić information content (AvgIpc) is 3.19. The van der Waals surface area contributed by atoms with Crippen molar-refractivity contribution in [2.45, 2.75) is 13.3 Å². The molecule has 23 heavy (non-hydrogen) atoms. The first-order valence-corrected chi connectivity index (χ1v) is 7.48. The Morgan fingerprint density at radius 1 is 1.22 bits per heavy atom. The molecule has 114 valence electrons. The van der Waals surface area contributed by atoms with Gasteiger partial charge in [0.1, 0.15) is 5.82 Å². The van der Waals surface area contributed by atoms with Gasteiger partial charge in [0.25, 0.3) is 0 Å². The zero-order chi connectivity index (χ0) is 16.0. The summed E-state index contributed by atoms with van der Waals surface area (Å²) in [6.07, 6.45) is 2.03. The van der Waals surface area contributed by atoms with Crippen LogP contribution >= 0.6 is 11.6 Å². The first kappa shape index (κ1) is 13.9. The summed E-state index contributed by atoms with van der Waals surface area (Å²) < 4.78 is 6.66. The maximum absolute atomic E-state index is 12.7. The van der Waals surface area contributed by atoms with Crippen LogP contribution in [0.4, 0.5) is 0 Å². The van der Waals surface area contributed by atoms with Crippen molar-refractivity contribution in [1.82, 2.24) is 19.5 Å². The standard InChI is InChI=1S/C16H11ClN4O2/c1-2-13-20-14-15(21(13)16(22)12-4-3-7-23-12)19-10-6-5-9(17)8-11(10)18-14/h3-8H,2H2,1H3. The summed E-state index contributed by atoms with van der Waals surface area (Å²) in [5.41, 5.74) is 2.12. The molecule has 4 aromatic rings. The van der Waals surface area contributed by atoms with Crippen molar-refractivity contribution >= 4 is 39.8 Å². The molecule has 1 aromatic carbocycles. The number of rotatable bonds is 2. The number of benzene rings is 1. The Hall–Kier alpha value is -2.73. The molecule has 0 saturated heterocycles. The molecule has 3 heterocycles. The van der Waals surface area contributed by atoms with Gasteiger partial charge in [-0.2, -0.15) is 0 Å². The van der Waals surface area contributed by atoms with Crippen LogP contribution in [0.3, 0.4) is 0 Å². The number of aromatic nitrogens is 4. The smallest absolute Gasteiger partial charge is 0.300 e. The van der Waals surface area contributed by atoms with Crippen molar-refractivity contribution in [2.24, 2.45) is 0 Å². The molecule has 0 radical (unpaired) electrons. The predicted molar refractivity (Wildman–Crippen MR) is 85.7 cm³/mol. The van der Waals surface area contributed by atoms with E-state index in [4.69, 9.17) is 16.0 Å². The van der Waals surface area contributed by atoms with E-state index in [1.165, 1.54) is 10.8 Å². The van der Waals surface area contributed by atoms with Crippen molar-refractivity contribution in [3.63, 3.8) is 0 Å². The third-order valence-electron chi connectivity index (χ3n) is 3.55. The molecule has 0 bridgehead atoms. The van der Waals surface area contributed by atoms with E-state index < -0.39 is 0 Å². The number of nitrogens with zero attached hydrogens (tertiary/aromatic N) is 4. The number of aryl methyl sites for hydroxylation is 1. The Balaban J connectivity index is 2.02. The maximum Gasteiger partial charge on any atom is 0.300 e. The molecule has 6 nitrogen and oxygen atoms in total. The second-order valence-corrected chi connectivity index (χ2v) is 5.44. The summed E-state index contributed by atoms with van der Waals surface area (Å²) in [5.74, 6) is 0.511. The second kappa shape index (κ2) is 5.17. The highest BCUT2D eigenvalue weighted by molar-refractivity contribution is 6.31. The van der Waals surface area contributed by atoms with E-state index in [-0.39, 0.29) is 11.7 Å². The molecular weight excluding hydrogens is 316 g/mol. The van der Waals surface area contributed by atoms with Gasteiger partial charge in [-0.3, -0.25) is 4.79 Å². The summed E-state index contributed by atoms with van der Waals surface area (Å²) in [5, 5.41) is 0.577. The van der Waals surface area contributed by atoms with Gasteiger partial charge in [0, 0.05) is 11.4 Å². The fraction of sp³-hybridized carbons (Fsp3) is 0.125. The van der Waals surface area contributed by atoms with E-state index in [1.54, 1.807) is 30.3 Å². The van der Waals surface area contributed by atoms with Gasteiger partial charge in [0.2, 0.25) is 0 Å². The van der Waals surface area contributed by atoms with Gasteiger partial charge >= 0.3 is 5.91 Å². The molecular formula is C16H11ClN4O2. The van der Waals surface area contributed by atoms with Gasteiger partial charge in [0.15, 0.2) is 17.1 Å². The summed E-state index contributed by atoms with van der Waals surface area (Å²) in [6.45, 7) is 1.92. The number of imidazole rings is 1. The van der Waals surface area contributed by atoms with Crippen LogP contribution in [0.15, 0.2) is 41.0 Å². The van der Waals surface area contributed by atoms with E-state index >= 15 is 0 Å². The summed E-state index contributed by atoms with van der Waals surface area (Å²) >= 11 is 5.99. The minimum atomic E-state index is -0.308. The quantitative estimate of drug-likeness (QED) is 0.564. The Morgan fingerprint density at radius 2 is 2.09 bits per heavy atom. The molecule has 0 fully saturated rings. The topological polar surface area (TPSA) is 73.8 Å². The molecule has 0 spiro atoms. The normalized spacial score (nSPS) is 11.4. The van der Waals surface area contributed by atoms with E-state index in [0.29, 0.717) is 39.6 Å². The largest absolute Gasteiger partial charge is 0.459 e. The first-order chi connectivity index (χ1) is 11.2. The number of fused-ring (bicyclic) bond motifs is 2. The monoisotopic (exact) mass is 326 g/mol. The van der Waals surface area contributed by atoms with Gasteiger partial charge in [-0.1, -0.05) is 18.5 Å². The third kappa shape index (κ3) is 2.19. The van der Waals surface area contributed by atoms with Crippen LogP contribution in [0.1, 0.15) is 23.3 Å². The van der Waals surface area contributed by atoms with E-state index in [2.05, 4.69) is 15.0 Å². The Morgan fingerprint density at radius 3 is 2.83 bits per heavy atom. The minimum Gasteiger partial charge on any atom is -0.459 e. The molecule has 0 atom stereocenters. The highest BCUT2D eigenvalue weighted by Crippen LogP contribution is 2.21. The first-order valence-electron chi connectivity index (χ1n) is 7.10. The number of hydrogen-bond acceptors (Lipinski definition) is 5. The van der Waals surface area contributed by atoms with Crippen molar-refractivity contribution in [3.05, 3.63) is 53.2 Å². The van der Waals surface area contributed by atoms with Crippen molar-refractivity contribution in [3.8, 4) is 0 Å². The zero-order valence-corrected chi connectivity index (χ0v) is 12.9. The van der Waals surface area contributed by atoms with Gasteiger partial charge in [0.05, 0.1) is 17.3 Å². The molecule has 0 aliphatic rings. The highest BCUT2D eigenvalue weighted by atomic mass is 35.5. The number of carbonyl (C=O) groups excluding carboxylic acids is 1. The van der Waals surface area contributed by atoms with Crippen LogP contribution in [0.25, 0.3) is 22.3 Å². The summed E-state index contributed by atoms with van der Waals surface area (Å²) in [7, 11) is 0.